The maximum atomic E-state index is 13.7. The monoisotopic (exact) mass is 378 g/mol. The summed E-state index contributed by atoms with van der Waals surface area (Å²) < 4.78 is 0. The van der Waals surface area contributed by atoms with Crippen LogP contribution in [0.15, 0.2) is 24.3 Å². The van der Waals surface area contributed by atoms with Gasteiger partial charge in [0, 0.05) is 34.8 Å². The van der Waals surface area contributed by atoms with Gasteiger partial charge in [-0.05, 0) is 101 Å². The summed E-state index contributed by atoms with van der Waals surface area (Å²) in [5.74, 6) is 2.81. The molecule has 4 bridgehead atoms. The van der Waals surface area contributed by atoms with E-state index in [9.17, 15) is 4.79 Å². The van der Waals surface area contributed by atoms with Gasteiger partial charge in [0.1, 0.15) is 0 Å². The Morgan fingerprint density at radius 3 is 2.39 bits per heavy atom. The minimum atomic E-state index is -0.0617. The number of hydrogen-bond donors (Lipinski definition) is 2. The van der Waals surface area contributed by atoms with Crippen molar-refractivity contribution in [3.63, 3.8) is 0 Å². The van der Waals surface area contributed by atoms with Gasteiger partial charge in [0.25, 0.3) is 0 Å². The summed E-state index contributed by atoms with van der Waals surface area (Å²) in [7, 11) is 1.98. The Morgan fingerprint density at radius 2 is 1.79 bits per heavy atom. The van der Waals surface area contributed by atoms with E-state index in [-0.39, 0.29) is 11.0 Å². The van der Waals surface area contributed by atoms with Crippen LogP contribution in [0, 0.1) is 23.2 Å². The predicted molar refractivity (Wildman–Crippen MR) is 114 cm³/mol. The molecular weight excluding hydrogens is 344 g/mol. The fourth-order valence-corrected chi connectivity index (χ4v) is 7.11. The van der Waals surface area contributed by atoms with Gasteiger partial charge >= 0.3 is 0 Å². The largest absolute Gasteiger partial charge is 0.379 e. The van der Waals surface area contributed by atoms with Crippen molar-refractivity contribution < 1.29 is 4.79 Å². The van der Waals surface area contributed by atoms with Crippen LogP contribution in [0.1, 0.15) is 69.1 Å². The van der Waals surface area contributed by atoms with E-state index in [4.69, 9.17) is 0 Å². The van der Waals surface area contributed by atoms with Crippen LogP contribution in [0.4, 0.5) is 0 Å². The highest BCUT2D eigenvalue weighted by atomic mass is 16.1. The molecular formula is C25H34N2O. The van der Waals surface area contributed by atoms with Crippen molar-refractivity contribution in [2.75, 3.05) is 7.05 Å². The maximum absolute atomic E-state index is 13.7. The molecule has 0 radical (unpaired) electrons. The number of benzene rings is 1. The molecule has 28 heavy (non-hydrogen) atoms. The van der Waals surface area contributed by atoms with E-state index in [1.807, 2.05) is 13.1 Å². The first-order valence-electron chi connectivity index (χ1n) is 11.2. The van der Waals surface area contributed by atoms with Crippen molar-refractivity contribution >= 4 is 11.5 Å². The molecule has 3 heteroatoms. The van der Waals surface area contributed by atoms with Crippen LogP contribution in [0.5, 0.6) is 0 Å². The molecule has 0 atom stereocenters. The third-order valence-corrected chi connectivity index (χ3v) is 7.79. The van der Waals surface area contributed by atoms with Crippen LogP contribution in [-0.4, -0.2) is 18.4 Å². The van der Waals surface area contributed by atoms with Gasteiger partial charge in [0.15, 0.2) is 5.78 Å². The topological polar surface area (TPSA) is 41.1 Å². The van der Waals surface area contributed by atoms with Gasteiger partial charge in [-0.25, -0.2) is 0 Å². The fourth-order valence-electron chi connectivity index (χ4n) is 7.11. The van der Waals surface area contributed by atoms with E-state index < -0.39 is 0 Å². The lowest BCUT2D eigenvalue weighted by Crippen LogP contribution is -2.50. The molecule has 4 fully saturated rings. The van der Waals surface area contributed by atoms with E-state index in [0.717, 1.165) is 55.7 Å². The Labute approximate surface area is 169 Å². The summed E-state index contributed by atoms with van der Waals surface area (Å²) in [6.45, 7) is 5.33. The molecule has 0 aromatic heterocycles. The summed E-state index contributed by atoms with van der Waals surface area (Å²) in [5, 5.41) is 6.95. The third kappa shape index (κ3) is 3.12. The number of allylic oxidation sites excluding steroid dienone is 1. The minimum Gasteiger partial charge on any atom is -0.379 e. The number of carbonyl (C=O) groups is 1. The number of carbonyl (C=O) groups excluding carboxylic acids is 1. The summed E-state index contributed by atoms with van der Waals surface area (Å²) in [4.78, 5) is 13.7. The SMILES string of the molecule is CNCc1ccc2c(c1)C(=CC(=O)C13CC4CC(CC(C4)C1)C3)NC(C)(C)C2. The molecule has 2 N–H and O–H groups in total. The number of hydrogen-bond acceptors (Lipinski definition) is 3. The van der Waals surface area contributed by atoms with Crippen molar-refractivity contribution in [1.29, 1.82) is 0 Å². The summed E-state index contributed by atoms with van der Waals surface area (Å²) in [5.41, 5.74) is 4.82. The van der Waals surface area contributed by atoms with E-state index in [1.54, 1.807) is 0 Å². The van der Waals surface area contributed by atoms with Gasteiger partial charge in [0.2, 0.25) is 0 Å². The van der Waals surface area contributed by atoms with Crippen molar-refractivity contribution in [2.24, 2.45) is 23.2 Å². The van der Waals surface area contributed by atoms with Crippen molar-refractivity contribution in [1.82, 2.24) is 10.6 Å². The van der Waals surface area contributed by atoms with Gasteiger partial charge in [0.05, 0.1) is 0 Å². The van der Waals surface area contributed by atoms with E-state index in [1.165, 1.54) is 36.0 Å². The van der Waals surface area contributed by atoms with Crippen LogP contribution in [0.2, 0.25) is 0 Å². The molecule has 1 aromatic rings. The smallest absolute Gasteiger partial charge is 0.163 e. The summed E-state index contributed by atoms with van der Waals surface area (Å²) in [6, 6.07) is 6.75. The van der Waals surface area contributed by atoms with Gasteiger partial charge < -0.3 is 10.6 Å². The Hall–Kier alpha value is -1.61. The first-order valence-corrected chi connectivity index (χ1v) is 11.2. The Kier molecular flexibility index (Phi) is 4.24. The van der Waals surface area contributed by atoms with E-state index in [0.29, 0.717) is 5.78 Å². The molecule has 3 nitrogen and oxygen atoms in total. The number of rotatable bonds is 4. The molecule has 1 heterocycles. The van der Waals surface area contributed by atoms with Crippen LogP contribution in [-0.2, 0) is 17.8 Å². The lowest BCUT2D eigenvalue weighted by molar-refractivity contribution is -0.138. The summed E-state index contributed by atoms with van der Waals surface area (Å²) in [6.07, 6.45) is 10.5. The fraction of sp³-hybridized carbons (Fsp3) is 0.640. The minimum absolute atomic E-state index is 0.0227. The van der Waals surface area contributed by atoms with Gasteiger partial charge in [-0.1, -0.05) is 12.1 Å². The van der Waals surface area contributed by atoms with Gasteiger partial charge in [-0.15, -0.1) is 0 Å². The molecule has 0 amide bonds. The first kappa shape index (κ1) is 18.4. The Bertz CT molecular complexity index is 800. The number of ketones is 1. The molecule has 0 spiro atoms. The molecule has 150 valence electrons. The average molecular weight is 379 g/mol. The summed E-state index contributed by atoms with van der Waals surface area (Å²) >= 11 is 0. The van der Waals surface area contributed by atoms with Crippen LogP contribution in [0.25, 0.3) is 5.70 Å². The quantitative estimate of drug-likeness (QED) is 0.760. The van der Waals surface area contributed by atoms with E-state index >= 15 is 0 Å². The number of fused-ring (bicyclic) bond motifs is 1. The highest BCUT2D eigenvalue weighted by Crippen LogP contribution is 2.60. The Morgan fingerprint density at radius 1 is 1.14 bits per heavy atom. The highest BCUT2D eigenvalue weighted by molar-refractivity contribution is 6.01. The third-order valence-electron chi connectivity index (χ3n) is 7.79. The van der Waals surface area contributed by atoms with Crippen LogP contribution >= 0.6 is 0 Å². The normalized spacial score (nSPS) is 36.2. The second kappa shape index (κ2) is 6.45. The predicted octanol–water partition coefficient (Wildman–Crippen LogP) is 4.46. The number of nitrogens with one attached hydrogen (secondary N) is 2. The zero-order valence-corrected chi connectivity index (χ0v) is 17.6. The molecule has 0 saturated heterocycles. The molecule has 1 aliphatic heterocycles. The van der Waals surface area contributed by atoms with Crippen molar-refractivity contribution in [3.05, 3.63) is 41.0 Å². The molecule has 0 unspecified atom stereocenters. The van der Waals surface area contributed by atoms with E-state index in [2.05, 4.69) is 42.7 Å². The first-order chi connectivity index (χ1) is 13.4. The molecule has 4 aliphatic carbocycles. The Balaban J connectivity index is 1.51. The zero-order valence-electron chi connectivity index (χ0n) is 17.6. The van der Waals surface area contributed by atoms with Crippen molar-refractivity contribution in [2.45, 2.75) is 70.9 Å². The molecule has 1 aromatic carbocycles. The van der Waals surface area contributed by atoms with Gasteiger partial charge in [-0.2, -0.15) is 0 Å². The maximum Gasteiger partial charge on any atom is 0.163 e. The standard InChI is InChI=1S/C25H34N2O/c1-24(2)14-20-5-4-16(15-26-3)9-21(20)22(27-24)10-23(28)25-11-17-6-18(12-25)8-19(7-17)13-25/h4-5,9-10,17-19,26-27H,6-8,11-15H2,1-3H3. The molecule has 4 saturated carbocycles. The lowest BCUT2D eigenvalue weighted by Gasteiger charge is -2.55. The highest BCUT2D eigenvalue weighted by Gasteiger charge is 2.54. The van der Waals surface area contributed by atoms with Gasteiger partial charge in [-0.3, -0.25) is 4.79 Å². The molecule has 6 rings (SSSR count). The second-order valence-electron chi connectivity index (χ2n) is 10.8. The van der Waals surface area contributed by atoms with Crippen molar-refractivity contribution in [3.8, 4) is 0 Å². The zero-order chi connectivity index (χ0) is 19.5. The van der Waals surface area contributed by atoms with Crippen LogP contribution < -0.4 is 10.6 Å². The second-order valence-corrected chi connectivity index (χ2v) is 10.8. The molecule has 5 aliphatic rings. The van der Waals surface area contributed by atoms with Crippen LogP contribution in [0.3, 0.4) is 0 Å². The average Bonchev–Trinajstić information content (AvgIpc) is 2.60. The lowest BCUT2D eigenvalue weighted by atomic mass is 9.48.